The zero-order valence-electron chi connectivity index (χ0n) is 15.4. The molecule has 1 amide bonds. The zero-order valence-corrected chi connectivity index (χ0v) is 15.4. The molecule has 6 heteroatoms. The first-order valence-electron chi connectivity index (χ1n) is 9.55. The smallest absolute Gasteiger partial charge is 0.408 e. The van der Waals surface area contributed by atoms with Crippen LogP contribution in [0.15, 0.2) is 48.5 Å². The predicted octanol–water partition coefficient (Wildman–Crippen LogP) is 3.28. The summed E-state index contributed by atoms with van der Waals surface area (Å²) in [5, 5.41) is 21.8. The second-order valence-corrected chi connectivity index (χ2v) is 7.57. The number of alkyl carbamates (subject to hydrolysis) is 1. The lowest BCUT2D eigenvalue weighted by Gasteiger charge is -2.35. The summed E-state index contributed by atoms with van der Waals surface area (Å²) in [6, 6.07) is 16.1. The van der Waals surface area contributed by atoms with E-state index in [9.17, 15) is 19.8 Å². The molecule has 0 heterocycles. The van der Waals surface area contributed by atoms with E-state index in [1.807, 2.05) is 36.4 Å². The molecule has 0 unspecified atom stereocenters. The fourth-order valence-electron chi connectivity index (χ4n) is 4.32. The predicted molar refractivity (Wildman–Crippen MR) is 103 cm³/mol. The molecule has 0 spiro atoms. The van der Waals surface area contributed by atoms with Gasteiger partial charge in [-0.3, -0.25) is 0 Å². The van der Waals surface area contributed by atoms with Gasteiger partial charge in [0.25, 0.3) is 0 Å². The topological polar surface area (TPSA) is 95.9 Å². The van der Waals surface area contributed by atoms with E-state index in [0.29, 0.717) is 12.8 Å². The van der Waals surface area contributed by atoms with E-state index in [-0.39, 0.29) is 25.4 Å². The number of hydrogen-bond donors (Lipinski definition) is 3. The minimum Gasteiger partial charge on any atom is -0.480 e. The summed E-state index contributed by atoms with van der Waals surface area (Å²) in [5.41, 5.74) is 3.10. The van der Waals surface area contributed by atoms with Crippen LogP contribution >= 0.6 is 0 Å². The van der Waals surface area contributed by atoms with Crippen LogP contribution in [-0.2, 0) is 9.53 Å². The number of carboxylic acid groups (broad SMARTS) is 1. The fourth-order valence-corrected chi connectivity index (χ4v) is 4.32. The maximum Gasteiger partial charge on any atom is 0.408 e. The largest absolute Gasteiger partial charge is 0.480 e. The van der Waals surface area contributed by atoms with Crippen LogP contribution in [-0.4, -0.2) is 40.5 Å². The zero-order chi connectivity index (χ0) is 19.7. The van der Waals surface area contributed by atoms with Gasteiger partial charge in [-0.2, -0.15) is 0 Å². The SMILES string of the molecule is O=C(NC1(C(=O)O)CCC(O)CC1)OCC1c2ccccc2-c2ccccc21. The number of benzene rings is 2. The van der Waals surface area contributed by atoms with Gasteiger partial charge in [0.2, 0.25) is 0 Å². The number of ether oxygens (including phenoxy) is 1. The molecule has 0 aromatic heterocycles. The number of aliphatic hydroxyl groups excluding tert-OH is 1. The number of hydrogen-bond acceptors (Lipinski definition) is 4. The van der Waals surface area contributed by atoms with Crippen molar-refractivity contribution >= 4 is 12.1 Å². The Bertz CT molecular complexity index is 856. The highest BCUT2D eigenvalue weighted by Gasteiger charge is 2.43. The van der Waals surface area contributed by atoms with Crippen molar-refractivity contribution < 1.29 is 24.5 Å². The number of aliphatic carboxylic acids is 1. The number of amides is 1. The van der Waals surface area contributed by atoms with Gasteiger partial charge < -0.3 is 20.3 Å². The van der Waals surface area contributed by atoms with Gasteiger partial charge >= 0.3 is 12.1 Å². The minimum absolute atomic E-state index is 0.0768. The van der Waals surface area contributed by atoms with Crippen molar-refractivity contribution in [2.24, 2.45) is 0 Å². The summed E-state index contributed by atoms with van der Waals surface area (Å²) in [4.78, 5) is 24.2. The molecule has 1 saturated carbocycles. The third kappa shape index (κ3) is 3.24. The average molecular weight is 381 g/mol. The van der Waals surface area contributed by atoms with Crippen LogP contribution in [0.25, 0.3) is 11.1 Å². The molecule has 28 heavy (non-hydrogen) atoms. The molecule has 2 aromatic rings. The lowest BCUT2D eigenvalue weighted by molar-refractivity contribution is -0.147. The summed E-state index contributed by atoms with van der Waals surface area (Å²) in [6.45, 7) is 0.137. The molecular formula is C22H23NO5. The molecule has 3 N–H and O–H groups in total. The molecule has 0 bridgehead atoms. The van der Waals surface area contributed by atoms with E-state index in [2.05, 4.69) is 17.4 Å². The third-order valence-corrected chi connectivity index (χ3v) is 5.90. The van der Waals surface area contributed by atoms with Gasteiger partial charge in [-0.25, -0.2) is 9.59 Å². The number of rotatable bonds is 4. The molecule has 1 fully saturated rings. The van der Waals surface area contributed by atoms with Gasteiger partial charge in [0, 0.05) is 5.92 Å². The third-order valence-electron chi connectivity index (χ3n) is 5.90. The maximum atomic E-state index is 12.4. The second kappa shape index (κ2) is 7.28. The summed E-state index contributed by atoms with van der Waals surface area (Å²) >= 11 is 0. The molecule has 0 radical (unpaired) electrons. The lowest BCUT2D eigenvalue weighted by Crippen LogP contribution is -2.57. The van der Waals surface area contributed by atoms with Crippen LogP contribution in [0.4, 0.5) is 4.79 Å². The first kappa shape index (κ1) is 18.5. The Hall–Kier alpha value is -2.86. The normalized spacial score (nSPS) is 23.5. The summed E-state index contributed by atoms with van der Waals surface area (Å²) in [6.07, 6.45) is -0.190. The number of fused-ring (bicyclic) bond motifs is 3. The maximum absolute atomic E-state index is 12.4. The van der Waals surface area contributed by atoms with Gasteiger partial charge in [-0.15, -0.1) is 0 Å². The fraction of sp³-hybridized carbons (Fsp3) is 0.364. The number of carboxylic acids is 1. The average Bonchev–Trinajstić information content (AvgIpc) is 3.02. The van der Waals surface area contributed by atoms with E-state index in [1.54, 1.807) is 0 Å². The number of carbonyl (C=O) groups excluding carboxylic acids is 1. The standard InChI is InChI=1S/C22H23NO5/c24-14-9-11-22(12-10-14,20(25)26)23-21(27)28-13-19-17-7-3-1-5-15(17)16-6-2-4-8-18(16)19/h1-8,14,19,24H,9-13H2,(H,23,27)(H,25,26). The molecule has 2 aliphatic rings. The van der Waals surface area contributed by atoms with Crippen molar-refractivity contribution in [3.8, 4) is 11.1 Å². The van der Waals surface area contributed by atoms with Crippen LogP contribution < -0.4 is 5.32 Å². The number of carbonyl (C=O) groups is 2. The van der Waals surface area contributed by atoms with Crippen LogP contribution in [0.5, 0.6) is 0 Å². The van der Waals surface area contributed by atoms with E-state index in [1.165, 1.54) is 0 Å². The van der Waals surface area contributed by atoms with Crippen molar-refractivity contribution in [3.63, 3.8) is 0 Å². The Balaban J connectivity index is 1.47. The van der Waals surface area contributed by atoms with Crippen molar-refractivity contribution in [1.29, 1.82) is 0 Å². The minimum atomic E-state index is -1.37. The van der Waals surface area contributed by atoms with Gasteiger partial charge in [-0.1, -0.05) is 48.5 Å². The monoisotopic (exact) mass is 381 g/mol. The van der Waals surface area contributed by atoms with Gasteiger partial charge in [0.15, 0.2) is 0 Å². The number of aliphatic hydroxyl groups is 1. The first-order chi connectivity index (χ1) is 13.5. The van der Waals surface area contributed by atoms with E-state index < -0.39 is 23.7 Å². The van der Waals surface area contributed by atoms with Crippen LogP contribution in [0.3, 0.4) is 0 Å². The highest BCUT2D eigenvalue weighted by molar-refractivity contribution is 5.84. The molecule has 0 saturated heterocycles. The van der Waals surface area contributed by atoms with Gasteiger partial charge in [-0.05, 0) is 47.9 Å². The van der Waals surface area contributed by atoms with Crippen LogP contribution in [0.1, 0.15) is 42.7 Å². The van der Waals surface area contributed by atoms with Crippen LogP contribution in [0.2, 0.25) is 0 Å². The van der Waals surface area contributed by atoms with Crippen molar-refractivity contribution in [2.75, 3.05) is 6.61 Å². The quantitative estimate of drug-likeness (QED) is 0.755. The highest BCUT2D eigenvalue weighted by atomic mass is 16.5. The Labute approximate surface area is 163 Å². The summed E-state index contributed by atoms with van der Waals surface area (Å²) in [5.74, 6) is -1.17. The number of nitrogens with one attached hydrogen (secondary N) is 1. The van der Waals surface area contributed by atoms with Gasteiger partial charge in [0.1, 0.15) is 12.1 Å². The Morgan fingerprint density at radius 1 is 1.00 bits per heavy atom. The molecule has 146 valence electrons. The molecular weight excluding hydrogens is 358 g/mol. The van der Waals surface area contributed by atoms with Crippen molar-refractivity contribution in [1.82, 2.24) is 5.32 Å². The molecule has 6 nitrogen and oxygen atoms in total. The molecule has 2 aromatic carbocycles. The Morgan fingerprint density at radius 2 is 1.54 bits per heavy atom. The van der Waals surface area contributed by atoms with E-state index in [4.69, 9.17) is 4.74 Å². The summed E-state index contributed by atoms with van der Waals surface area (Å²) in [7, 11) is 0. The summed E-state index contributed by atoms with van der Waals surface area (Å²) < 4.78 is 5.47. The Kier molecular flexibility index (Phi) is 4.81. The molecule has 2 aliphatic carbocycles. The highest BCUT2D eigenvalue weighted by Crippen LogP contribution is 2.44. The Morgan fingerprint density at radius 3 is 2.07 bits per heavy atom. The van der Waals surface area contributed by atoms with Gasteiger partial charge in [0.05, 0.1) is 6.10 Å². The first-order valence-corrected chi connectivity index (χ1v) is 9.55. The van der Waals surface area contributed by atoms with Crippen molar-refractivity contribution in [3.05, 3.63) is 59.7 Å². The second-order valence-electron chi connectivity index (χ2n) is 7.57. The molecule has 0 atom stereocenters. The van der Waals surface area contributed by atoms with E-state index in [0.717, 1.165) is 22.3 Å². The van der Waals surface area contributed by atoms with Crippen LogP contribution in [0, 0.1) is 0 Å². The van der Waals surface area contributed by atoms with Crippen molar-refractivity contribution in [2.45, 2.75) is 43.2 Å². The molecule has 4 rings (SSSR count). The van der Waals surface area contributed by atoms with E-state index >= 15 is 0 Å². The lowest BCUT2D eigenvalue weighted by atomic mass is 9.80. The molecule has 0 aliphatic heterocycles.